The van der Waals surface area contributed by atoms with E-state index in [1.54, 1.807) is 0 Å². The lowest BCUT2D eigenvalue weighted by Crippen LogP contribution is -1.92. The molecular weight excluding hydrogens is 291 g/mol. The van der Waals surface area contributed by atoms with E-state index in [0.717, 1.165) is 15.7 Å². The van der Waals surface area contributed by atoms with Crippen LogP contribution in [0.5, 0.6) is 0 Å². The fourth-order valence-corrected chi connectivity index (χ4v) is 1.95. The molecule has 16 heavy (non-hydrogen) atoms. The lowest BCUT2D eigenvalue weighted by Gasteiger charge is -1.97. The van der Waals surface area contributed by atoms with Crippen LogP contribution in [-0.4, -0.2) is 21.7 Å². The van der Waals surface area contributed by atoms with Crippen molar-refractivity contribution in [2.24, 2.45) is 0 Å². The van der Waals surface area contributed by atoms with Crippen LogP contribution in [0.15, 0.2) is 28.7 Å². The molecule has 0 radical (unpaired) electrons. The molecule has 0 fully saturated rings. The molecule has 1 aromatic heterocycles. The van der Waals surface area contributed by atoms with Crippen LogP contribution in [0.1, 0.15) is 5.82 Å². The van der Waals surface area contributed by atoms with Gasteiger partial charge in [-0.3, -0.25) is 0 Å². The molecule has 0 atom stereocenters. The largest absolute Gasteiger partial charge is 0.396 e. The Morgan fingerprint density at radius 3 is 2.62 bits per heavy atom. The number of hydrogen-bond acceptors (Lipinski definition) is 2. The molecule has 0 spiro atoms. The number of nitrogens with one attached hydrogen (secondary N) is 1. The summed E-state index contributed by atoms with van der Waals surface area (Å²) in [6, 6.07) is 7.75. The lowest BCUT2D eigenvalue weighted by atomic mass is 10.2. The minimum atomic E-state index is 0.0591. The van der Waals surface area contributed by atoms with E-state index < -0.39 is 0 Å². The fraction of sp³-hybridized carbons (Fsp3) is 0.182. The molecule has 0 aliphatic carbocycles. The number of imidazole rings is 1. The van der Waals surface area contributed by atoms with Gasteiger partial charge in [-0.25, -0.2) is 4.98 Å². The average Bonchev–Trinajstić information content (AvgIpc) is 2.61. The maximum atomic E-state index is 8.82. The minimum absolute atomic E-state index is 0.0591. The van der Waals surface area contributed by atoms with Crippen LogP contribution in [0.25, 0.3) is 11.3 Å². The molecule has 0 saturated carbocycles. The molecule has 0 saturated heterocycles. The van der Waals surface area contributed by atoms with E-state index >= 15 is 0 Å². The second kappa shape index (κ2) is 4.99. The van der Waals surface area contributed by atoms with Crippen LogP contribution >= 0.6 is 27.5 Å². The predicted octanol–water partition coefficient (Wildman–Crippen LogP) is 3.03. The first-order valence-corrected chi connectivity index (χ1v) is 5.99. The number of aromatic nitrogens is 2. The van der Waals surface area contributed by atoms with Gasteiger partial charge in [0.1, 0.15) is 16.7 Å². The maximum Gasteiger partial charge on any atom is 0.134 e. The molecular formula is C11H10BrClN2O. The number of rotatable bonds is 3. The highest BCUT2D eigenvalue weighted by molar-refractivity contribution is 9.10. The zero-order chi connectivity index (χ0) is 11.5. The van der Waals surface area contributed by atoms with Gasteiger partial charge in [0.2, 0.25) is 0 Å². The number of nitrogens with zero attached hydrogens (tertiary/aromatic N) is 1. The van der Waals surface area contributed by atoms with Crippen molar-refractivity contribution in [2.45, 2.75) is 6.42 Å². The third kappa shape index (κ3) is 2.45. The van der Waals surface area contributed by atoms with Gasteiger partial charge in [-0.2, -0.15) is 0 Å². The van der Waals surface area contributed by atoms with E-state index in [0.29, 0.717) is 17.4 Å². The van der Waals surface area contributed by atoms with Gasteiger partial charge < -0.3 is 10.1 Å². The standard InChI is InChI=1S/C11H10BrClN2O/c12-8-3-1-7(2-4-8)10-11(13)15-9(14-10)5-6-16/h1-4,16H,5-6H2,(H,14,15). The first-order valence-electron chi connectivity index (χ1n) is 4.82. The van der Waals surface area contributed by atoms with Gasteiger partial charge in [0, 0.05) is 16.5 Å². The van der Waals surface area contributed by atoms with Crippen LogP contribution in [0.2, 0.25) is 5.15 Å². The van der Waals surface area contributed by atoms with Crippen molar-refractivity contribution in [1.29, 1.82) is 0 Å². The van der Waals surface area contributed by atoms with Gasteiger partial charge in [0.05, 0.1) is 6.61 Å². The maximum absolute atomic E-state index is 8.82. The lowest BCUT2D eigenvalue weighted by molar-refractivity contribution is 0.297. The summed E-state index contributed by atoms with van der Waals surface area (Å²) in [5, 5.41) is 9.32. The fourth-order valence-electron chi connectivity index (χ4n) is 1.42. The highest BCUT2D eigenvalue weighted by Crippen LogP contribution is 2.26. The van der Waals surface area contributed by atoms with E-state index in [9.17, 15) is 0 Å². The minimum Gasteiger partial charge on any atom is -0.396 e. The quantitative estimate of drug-likeness (QED) is 0.915. The highest BCUT2D eigenvalue weighted by atomic mass is 79.9. The highest BCUT2D eigenvalue weighted by Gasteiger charge is 2.09. The second-order valence-corrected chi connectivity index (χ2v) is 4.62. The van der Waals surface area contributed by atoms with Gasteiger partial charge >= 0.3 is 0 Å². The second-order valence-electron chi connectivity index (χ2n) is 3.33. The summed E-state index contributed by atoms with van der Waals surface area (Å²) in [6.07, 6.45) is 0.482. The van der Waals surface area contributed by atoms with Crippen molar-refractivity contribution in [3.8, 4) is 11.3 Å². The van der Waals surface area contributed by atoms with Crippen LogP contribution in [-0.2, 0) is 6.42 Å². The molecule has 84 valence electrons. The van der Waals surface area contributed by atoms with Crippen molar-refractivity contribution >= 4 is 27.5 Å². The Morgan fingerprint density at radius 2 is 2.00 bits per heavy atom. The molecule has 1 aromatic carbocycles. The zero-order valence-electron chi connectivity index (χ0n) is 8.37. The van der Waals surface area contributed by atoms with E-state index in [1.807, 2.05) is 24.3 Å². The Labute approximate surface area is 107 Å². The van der Waals surface area contributed by atoms with E-state index in [2.05, 4.69) is 25.9 Å². The third-order valence-electron chi connectivity index (χ3n) is 2.17. The molecule has 0 bridgehead atoms. The van der Waals surface area contributed by atoms with Gasteiger partial charge in [-0.15, -0.1) is 0 Å². The molecule has 0 amide bonds. The first kappa shape index (κ1) is 11.6. The molecule has 5 heteroatoms. The normalized spacial score (nSPS) is 10.7. The summed E-state index contributed by atoms with van der Waals surface area (Å²) in [7, 11) is 0. The van der Waals surface area contributed by atoms with E-state index in [4.69, 9.17) is 16.7 Å². The zero-order valence-corrected chi connectivity index (χ0v) is 10.7. The summed E-state index contributed by atoms with van der Waals surface area (Å²) in [5.74, 6) is 0.699. The van der Waals surface area contributed by atoms with Crippen LogP contribution in [0.4, 0.5) is 0 Å². The molecule has 1 heterocycles. The third-order valence-corrected chi connectivity index (χ3v) is 2.98. The predicted molar refractivity (Wildman–Crippen MR) is 67.5 cm³/mol. The number of aliphatic hydroxyl groups excluding tert-OH is 1. The molecule has 2 aromatic rings. The van der Waals surface area contributed by atoms with Gasteiger partial charge in [0.15, 0.2) is 0 Å². The molecule has 2 N–H and O–H groups in total. The smallest absolute Gasteiger partial charge is 0.134 e. The van der Waals surface area contributed by atoms with Crippen LogP contribution < -0.4 is 0 Å². The van der Waals surface area contributed by atoms with Gasteiger partial charge in [-0.1, -0.05) is 39.7 Å². The molecule has 0 aliphatic rings. The molecule has 3 nitrogen and oxygen atoms in total. The summed E-state index contributed by atoms with van der Waals surface area (Å²) >= 11 is 9.42. The van der Waals surface area contributed by atoms with Crippen molar-refractivity contribution in [2.75, 3.05) is 6.61 Å². The monoisotopic (exact) mass is 300 g/mol. The first-order chi connectivity index (χ1) is 7.70. The van der Waals surface area contributed by atoms with E-state index in [1.165, 1.54) is 0 Å². The molecule has 0 aliphatic heterocycles. The van der Waals surface area contributed by atoms with Crippen molar-refractivity contribution in [1.82, 2.24) is 9.97 Å². The van der Waals surface area contributed by atoms with Crippen molar-refractivity contribution in [3.05, 3.63) is 39.7 Å². The Morgan fingerprint density at radius 1 is 1.31 bits per heavy atom. The SMILES string of the molecule is OCCc1nc(-c2ccc(Br)cc2)c(Cl)[nH]1. The summed E-state index contributed by atoms with van der Waals surface area (Å²) in [4.78, 5) is 7.28. The number of aromatic amines is 1. The Balaban J connectivity index is 2.36. The van der Waals surface area contributed by atoms with Crippen molar-refractivity contribution in [3.63, 3.8) is 0 Å². The number of benzene rings is 1. The van der Waals surface area contributed by atoms with Crippen LogP contribution in [0, 0.1) is 0 Å². The Kier molecular flexibility index (Phi) is 3.63. The van der Waals surface area contributed by atoms with Crippen molar-refractivity contribution < 1.29 is 5.11 Å². The number of hydrogen-bond donors (Lipinski definition) is 2. The van der Waals surface area contributed by atoms with Gasteiger partial charge in [0.25, 0.3) is 0 Å². The topological polar surface area (TPSA) is 48.9 Å². The summed E-state index contributed by atoms with van der Waals surface area (Å²) < 4.78 is 1.01. The average molecular weight is 302 g/mol. The summed E-state index contributed by atoms with van der Waals surface area (Å²) in [5.41, 5.74) is 1.67. The number of aliphatic hydroxyl groups is 1. The van der Waals surface area contributed by atoms with Crippen LogP contribution in [0.3, 0.4) is 0 Å². The Bertz CT molecular complexity index is 481. The van der Waals surface area contributed by atoms with E-state index in [-0.39, 0.29) is 6.61 Å². The number of halogens is 2. The van der Waals surface area contributed by atoms with Gasteiger partial charge in [-0.05, 0) is 12.1 Å². The summed E-state index contributed by atoms with van der Waals surface area (Å²) in [6.45, 7) is 0.0591. The molecule has 0 unspecified atom stereocenters. The number of H-pyrrole nitrogens is 1. The molecule has 2 rings (SSSR count). The Hall–Kier alpha value is -0.840.